The van der Waals surface area contributed by atoms with Crippen LogP contribution in [0.5, 0.6) is 0 Å². The van der Waals surface area contributed by atoms with Crippen LogP contribution in [0.1, 0.15) is 11.1 Å². The molecule has 0 saturated heterocycles. The average Bonchev–Trinajstić information content (AvgIpc) is 2.85. The van der Waals surface area contributed by atoms with Gasteiger partial charge in [-0.3, -0.25) is 0 Å². The van der Waals surface area contributed by atoms with Gasteiger partial charge in [0.15, 0.2) is 4.34 Å². The fourth-order valence-electron chi connectivity index (χ4n) is 1.48. The lowest BCUT2D eigenvalue weighted by Crippen LogP contribution is -2.07. The minimum Gasteiger partial charge on any atom is -0.353 e. The summed E-state index contributed by atoms with van der Waals surface area (Å²) in [6, 6.07) is 8.25. The number of aromatic nitrogens is 2. The van der Waals surface area contributed by atoms with E-state index < -0.39 is 0 Å². The maximum absolute atomic E-state index is 5.72. The first-order chi connectivity index (χ1) is 8.70. The molecule has 0 atom stereocenters. The van der Waals surface area contributed by atoms with Crippen molar-refractivity contribution in [2.24, 2.45) is 5.73 Å². The van der Waals surface area contributed by atoms with Crippen LogP contribution in [0.3, 0.4) is 0 Å². The number of hydrogen-bond acceptors (Lipinski definition) is 6. The Hall–Kier alpha value is -1.11. The second-order valence-electron chi connectivity index (χ2n) is 4.01. The molecule has 0 radical (unpaired) electrons. The third-order valence-corrected chi connectivity index (χ3v) is 4.74. The number of nitrogens with two attached hydrogens (primary N) is 1. The van der Waals surface area contributed by atoms with Gasteiger partial charge in [0.25, 0.3) is 0 Å². The standard InChI is InChI=1S/C12H16N4S2/c1-16(2)11-14-15-12(18-11)17-8-10-6-4-3-5-9(10)7-13/h3-6H,7-8,13H2,1-2H3. The molecule has 0 aliphatic heterocycles. The van der Waals surface area contributed by atoms with Crippen LogP contribution in [0, 0.1) is 0 Å². The Morgan fingerprint density at radius 2 is 1.94 bits per heavy atom. The Morgan fingerprint density at radius 1 is 1.22 bits per heavy atom. The predicted octanol–water partition coefficient (Wildman–Crippen LogP) is 2.36. The molecule has 18 heavy (non-hydrogen) atoms. The Labute approximate surface area is 115 Å². The summed E-state index contributed by atoms with van der Waals surface area (Å²) in [6.07, 6.45) is 0. The molecule has 2 aromatic rings. The quantitative estimate of drug-likeness (QED) is 0.852. The van der Waals surface area contributed by atoms with Gasteiger partial charge in [0.1, 0.15) is 0 Å². The van der Waals surface area contributed by atoms with Crippen LogP contribution >= 0.6 is 23.1 Å². The third-order valence-electron chi connectivity index (χ3n) is 2.47. The van der Waals surface area contributed by atoms with E-state index in [2.05, 4.69) is 22.3 Å². The second kappa shape index (κ2) is 6.17. The van der Waals surface area contributed by atoms with Crippen molar-refractivity contribution in [1.29, 1.82) is 0 Å². The summed E-state index contributed by atoms with van der Waals surface area (Å²) in [5, 5.41) is 9.22. The van der Waals surface area contributed by atoms with Gasteiger partial charge in [0.05, 0.1) is 0 Å². The zero-order chi connectivity index (χ0) is 13.0. The molecule has 0 amide bonds. The summed E-state index contributed by atoms with van der Waals surface area (Å²) < 4.78 is 0.991. The predicted molar refractivity (Wildman–Crippen MR) is 78.1 cm³/mol. The molecule has 0 aliphatic rings. The van der Waals surface area contributed by atoms with Crippen molar-refractivity contribution in [2.45, 2.75) is 16.6 Å². The highest BCUT2D eigenvalue weighted by atomic mass is 32.2. The minimum atomic E-state index is 0.579. The van der Waals surface area contributed by atoms with Crippen molar-refractivity contribution in [3.63, 3.8) is 0 Å². The molecule has 1 heterocycles. The molecule has 0 aliphatic carbocycles. The van der Waals surface area contributed by atoms with E-state index in [1.54, 1.807) is 23.1 Å². The first kappa shape index (κ1) is 13.3. The Bertz CT molecular complexity index is 510. The molecule has 1 aromatic carbocycles. The van der Waals surface area contributed by atoms with E-state index in [4.69, 9.17) is 5.73 Å². The van der Waals surface area contributed by atoms with E-state index >= 15 is 0 Å². The average molecular weight is 280 g/mol. The summed E-state index contributed by atoms with van der Waals surface area (Å²) in [7, 11) is 3.94. The molecule has 6 heteroatoms. The van der Waals surface area contributed by atoms with Crippen molar-refractivity contribution in [3.05, 3.63) is 35.4 Å². The maximum atomic E-state index is 5.72. The smallest absolute Gasteiger partial charge is 0.208 e. The zero-order valence-electron chi connectivity index (χ0n) is 10.5. The lowest BCUT2D eigenvalue weighted by atomic mass is 10.1. The Balaban J connectivity index is 2.02. The summed E-state index contributed by atoms with van der Waals surface area (Å²) in [5.74, 6) is 0.884. The third kappa shape index (κ3) is 3.22. The first-order valence-corrected chi connectivity index (χ1v) is 7.41. The highest BCUT2D eigenvalue weighted by Gasteiger charge is 2.07. The highest BCUT2D eigenvalue weighted by Crippen LogP contribution is 2.29. The maximum Gasteiger partial charge on any atom is 0.208 e. The van der Waals surface area contributed by atoms with Crippen LogP contribution in [-0.4, -0.2) is 24.3 Å². The summed E-state index contributed by atoms with van der Waals surface area (Å²) in [4.78, 5) is 1.97. The van der Waals surface area contributed by atoms with Gasteiger partial charge in [-0.05, 0) is 11.1 Å². The van der Waals surface area contributed by atoms with Crippen LogP contribution in [0.15, 0.2) is 28.6 Å². The van der Waals surface area contributed by atoms with Gasteiger partial charge in [-0.2, -0.15) is 0 Å². The lowest BCUT2D eigenvalue weighted by molar-refractivity contribution is 0.972. The molecule has 0 fully saturated rings. The number of benzene rings is 1. The molecule has 0 saturated carbocycles. The number of rotatable bonds is 5. The number of hydrogen-bond donors (Lipinski definition) is 1. The molecule has 0 spiro atoms. The minimum absolute atomic E-state index is 0.579. The topological polar surface area (TPSA) is 55.0 Å². The lowest BCUT2D eigenvalue weighted by Gasteiger charge is -2.05. The van der Waals surface area contributed by atoms with Crippen molar-refractivity contribution in [2.75, 3.05) is 19.0 Å². The molecular formula is C12H16N4S2. The van der Waals surface area contributed by atoms with Crippen LogP contribution < -0.4 is 10.6 Å². The molecule has 1 aromatic heterocycles. The molecule has 0 unspecified atom stereocenters. The van der Waals surface area contributed by atoms with Crippen LogP contribution in [0.25, 0.3) is 0 Å². The molecule has 2 N–H and O–H groups in total. The molecule has 96 valence electrons. The Morgan fingerprint density at radius 3 is 2.56 bits per heavy atom. The Kier molecular flexibility index (Phi) is 4.57. The summed E-state index contributed by atoms with van der Waals surface area (Å²) >= 11 is 3.31. The van der Waals surface area contributed by atoms with Crippen molar-refractivity contribution < 1.29 is 0 Å². The van der Waals surface area contributed by atoms with Crippen molar-refractivity contribution >= 4 is 28.2 Å². The number of thioether (sulfide) groups is 1. The van der Waals surface area contributed by atoms with E-state index in [1.165, 1.54) is 11.1 Å². The van der Waals surface area contributed by atoms with Crippen molar-refractivity contribution in [1.82, 2.24) is 10.2 Å². The van der Waals surface area contributed by atoms with Gasteiger partial charge in [0.2, 0.25) is 5.13 Å². The van der Waals surface area contributed by atoms with E-state index in [9.17, 15) is 0 Å². The fraction of sp³-hybridized carbons (Fsp3) is 0.333. The van der Waals surface area contributed by atoms with Gasteiger partial charge in [-0.25, -0.2) is 0 Å². The van der Waals surface area contributed by atoms with E-state index in [-0.39, 0.29) is 0 Å². The van der Waals surface area contributed by atoms with Gasteiger partial charge >= 0.3 is 0 Å². The summed E-state index contributed by atoms with van der Waals surface area (Å²) in [6.45, 7) is 0.579. The molecule has 2 rings (SSSR count). The van der Waals surface area contributed by atoms with Gasteiger partial charge in [-0.15, -0.1) is 10.2 Å². The second-order valence-corrected chi connectivity index (χ2v) is 6.18. The molecule has 4 nitrogen and oxygen atoms in total. The monoisotopic (exact) mass is 280 g/mol. The van der Waals surface area contributed by atoms with Crippen LogP contribution in [0.2, 0.25) is 0 Å². The number of anilines is 1. The van der Waals surface area contributed by atoms with Crippen LogP contribution in [-0.2, 0) is 12.3 Å². The summed E-state index contributed by atoms with van der Waals surface area (Å²) in [5.41, 5.74) is 8.19. The molecule has 0 bridgehead atoms. The van der Waals surface area contributed by atoms with Gasteiger partial charge in [-0.1, -0.05) is 47.4 Å². The van der Waals surface area contributed by atoms with Gasteiger partial charge in [0, 0.05) is 26.4 Å². The van der Waals surface area contributed by atoms with E-state index in [0.29, 0.717) is 6.54 Å². The highest BCUT2D eigenvalue weighted by molar-refractivity contribution is 8.00. The molecular weight excluding hydrogens is 264 g/mol. The number of nitrogens with zero attached hydrogens (tertiary/aromatic N) is 3. The van der Waals surface area contributed by atoms with Gasteiger partial charge < -0.3 is 10.6 Å². The zero-order valence-corrected chi connectivity index (χ0v) is 12.1. The largest absolute Gasteiger partial charge is 0.353 e. The van der Waals surface area contributed by atoms with E-state index in [1.807, 2.05) is 31.1 Å². The first-order valence-electron chi connectivity index (χ1n) is 5.61. The normalized spacial score (nSPS) is 10.6. The SMILES string of the molecule is CN(C)c1nnc(SCc2ccccc2CN)s1. The van der Waals surface area contributed by atoms with Crippen LogP contribution in [0.4, 0.5) is 5.13 Å². The fourth-order valence-corrected chi connectivity index (χ4v) is 3.28. The van der Waals surface area contributed by atoms with E-state index in [0.717, 1.165) is 15.2 Å². The van der Waals surface area contributed by atoms with Crippen molar-refractivity contribution in [3.8, 4) is 0 Å².